The van der Waals surface area contributed by atoms with Crippen molar-refractivity contribution in [2.45, 2.75) is 26.7 Å². The molecule has 4 rings (SSSR count). The lowest BCUT2D eigenvalue weighted by Crippen LogP contribution is -2.41. The van der Waals surface area contributed by atoms with E-state index in [1.54, 1.807) is 11.8 Å². The number of ether oxygens (including phenoxy) is 4. The molecule has 0 saturated heterocycles. The number of nitriles is 1. The molecule has 2 heterocycles. The van der Waals surface area contributed by atoms with Crippen LogP contribution in [0.25, 0.3) is 6.08 Å². The topological polar surface area (TPSA) is 107 Å². The van der Waals surface area contributed by atoms with E-state index < -0.39 is 12.0 Å². The number of benzene rings is 2. The van der Waals surface area contributed by atoms with Crippen molar-refractivity contribution < 1.29 is 23.7 Å². The van der Waals surface area contributed by atoms with E-state index in [1.807, 2.05) is 68.5 Å². The van der Waals surface area contributed by atoms with Crippen LogP contribution < -0.4 is 15.2 Å². The third kappa shape index (κ3) is 5.56. The minimum atomic E-state index is -0.481. The van der Waals surface area contributed by atoms with Gasteiger partial charge in [0, 0.05) is 11.1 Å². The highest BCUT2D eigenvalue weighted by Crippen LogP contribution is 2.44. The molecule has 2 aromatic rings. The Hall–Kier alpha value is -4.38. The van der Waals surface area contributed by atoms with Crippen LogP contribution in [0.5, 0.6) is 11.5 Å². The van der Waals surface area contributed by atoms with Gasteiger partial charge in [0.2, 0.25) is 5.88 Å². The maximum Gasteiger partial charge on any atom is 0.410 e. The van der Waals surface area contributed by atoms with Crippen LogP contribution in [-0.4, -0.2) is 43.9 Å². The molecule has 0 spiro atoms. The van der Waals surface area contributed by atoms with Crippen LogP contribution in [0, 0.1) is 11.3 Å². The Morgan fingerprint density at radius 1 is 1.03 bits per heavy atom. The Kier molecular flexibility index (Phi) is 8.04. The van der Waals surface area contributed by atoms with Crippen molar-refractivity contribution in [1.29, 1.82) is 5.26 Å². The first-order valence-corrected chi connectivity index (χ1v) is 12.4. The molecule has 0 radical (unpaired) electrons. The first-order chi connectivity index (χ1) is 18.0. The first-order valence-electron chi connectivity index (χ1n) is 12.4. The Balaban J connectivity index is 1.81. The lowest BCUT2D eigenvalue weighted by molar-refractivity contribution is 0.109. The highest BCUT2D eigenvalue weighted by atomic mass is 16.6. The number of carbonyl (C=O) groups excluding carboxylic acids is 1. The molecule has 2 aromatic carbocycles. The quantitative estimate of drug-likeness (QED) is 0.562. The van der Waals surface area contributed by atoms with E-state index in [4.69, 9.17) is 24.7 Å². The van der Waals surface area contributed by atoms with Crippen molar-refractivity contribution in [3.63, 3.8) is 0 Å². The first kappa shape index (κ1) is 25.7. The molecule has 0 bridgehead atoms. The summed E-state index contributed by atoms with van der Waals surface area (Å²) in [6, 6.07) is 17.4. The van der Waals surface area contributed by atoms with Crippen molar-refractivity contribution in [2.24, 2.45) is 5.73 Å². The van der Waals surface area contributed by atoms with E-state index >= 15 is 0 Å². The van der Waals surface area contributed by atoms with Crippen LogP contribution in [0.3, 0.4) is 0 Å². The maximum atomic E-state index is 12.8. The zero-order valence-electron chi connectivity index (χ0n) is 21.3. The summed E-state index contributed by atoms with van der Waals surface area (Å²) in [5, 5.41) is 10.0. The van der Waals surface area contributed by atoms with Gasteiger partial charge in [-0.05, 0) is 62.2 Å². The molecule has 0 aliphatic carbocycles. The summed E-state index contributed by atoms with van der Waals surface area (Å²) in [6.45, 7) is 7.53. The number of carbonyl (C=O) groups is 1. The fourth-order valence-electron chi connectivity index (χ4n) is 4.55. The lowest BCUT2D eigenvalue weighted by Gasteiger charge is -2.37. The predicted octanol–water partition coefficient (Wildman–Crippen LogP) is 5.10. The molecule has 0 aromatic heterocycles. The monoisotopic (exact) mass is 501 g/mol. The van der Waals surface area contributed by atoms with Gasteiger partial charge in [-0.25, -0.2) is 4.79 Å². The average molecular weight is 502 g/mol. The third-order valence-electron chi connectivity index (χ3n) is 6.12. The summed E-state index contributed by atoms with van der Waals surface area (Å²) in [4.78, 5) is 14.5. The van der Waals surface area contributed by atoms with Crippen molar-refractivity contribution in [2.75, 3.05) is 32.9 Å². The molecule has 0 saturated carbocycles. The summed E-state index contributed by atoms with van der Waals surface area (Å²) in [7, 11) is 0. The van der Waals surface area contributed by atoms with Crippen LogP contribution in [-0.2, 0) is 9.47 Å². The summed E-state index contributed by atoms with van der Waals surface area (Å²) in [6.07, 6.45) is 1.52. The maximum absolute atomic E-state index is 12.8. The van der Waals surface area contributed by atoms with Gasteiger partial charge in [-0.2, -0.15) is 5.26 Å². The summed E-state index contributed by atoms with van der Waals surface area (Å²) in [5.74, 6) is 1.66. The van der Waals surface area contributed by atoms with Crippen LogP contribution >= 0.6 is 0 Å². The minimum Gasteiger partial charge on any atom is -0.494 e. The number of nitrogens with zero attached hydrogens (tertiary/aromatic N) is 2. The molecule has 37 heavy (non-hydrogen) atoms. The Bertz CT molecular complexity index is 1270. The SMILES string of the molecule is CCOC(=O)N1CC2=C(OC(N)=C(C#N)C2c2ccc(OCC)cc2)/C(=C/c2ccc(OCC)cc2)C1. The fraction of sp³-hybridized carbons (Fsp3) is 0.310. The molecule has 0 fully saturated rings. The van der Waals surface area contributed by atoms with Crippen molar-refractivity contribution in [3.05, 3.63) is 88.0 Å². The molecule has 1 amide bonds. The van der Waals surface area contributed by atoms with E-state index in [2.05, 4.69) is 6.07 Å². The largest absolute Gasteiger partial charge is 0.494 e. The molecule has 1 unspecified atom stereocenters. The highest BCUT2D eigenvalue weighted by Gasteiger charge is 2.39. The van der Waals surface area contributed by atoms with Gasteiger partial charge in [-0.15, -0.1) is 0 Å². The molecule has 2 N–H and O–H groups in total. The Morgan fingerprint density at radius 3 is 2.22 bits per heavy atom. The van der Waals surface area contributed by atoms with Gasteiger partial charge in [-0.1, -0.05) is 24.3 Å². The zero-order chi connectivity index (χ0) is 26.4. The average Bonchev–Trinajstić information content (AvgIpc) is 2.90. The number of allylic oxidation sites excluding steroid dienone is 1. The molecular formula is C29H31N3O5. The van der Waals surface area contributed by atoms with Crippen LogP contribution in [0.1, 0.15) is 37.8 Å². The molecule has 1 atom stereocenters. The fourth-order valence-corrected chi connectivity index (χ4v) is 4.55. The second kappa shape index (κ2) is 11.6. The van der Waals surface area contributed by atoms with Gasteiger partial charge in [0.15, 0.2) is 0 Å². The predicted molar refractivity (Wildman–Crippen MR) is 139 cm³/mol. The van der Waals surface area contributed by atoms with Gasteiger partial charge in [0.1, 0.15) is 28.9 Å². The van der Waals surface area contributed by atoms with Crippen molar-refractivity contribution in [1.82, 2.24) is 4.90 Å². The summed E-state index contributed by atoms with van der Waals surface area (Å²) in [5.41, 5.74) is 9.87. The van der Waals surface area contributed by atoms with Gasteiger partial charge in [0.25, 0.3) is 0 Å². The zero-order valence-corrected chi connectivity index (χ0v) is 21.3. The molecule has 192 valence electrons. The lowest BCUT2D eigenvalue weighted by atomic mass is 9.80. The Labute approximate surface area is 217 Å². The van der Waals surface area contributed by atoms with Gasteiger partial charge >= 0.3 is 6.09 Å². The van der Waals surface area contributed by atoms with E-state index in [9.17, 15) is 10.1 Å². The third-order valence-corrected chi connectivity index (χ3v) is 6.12. The standard InChI is InChI=1S/C29H31N3O5/c1-4-34-22-11-7-19(8-12-22)15-21-17-32(29(33)36-6-3)18-25-26(24(16-30)28(31)37-27(21)25)20-9-13-23(14-10-20)35-5-2/h7-15,26H,4-6,17-18,31H2,1-3H3/b21-15+. The van der Waals surface area contributed by atoms with Crippen molar-refractivity contribution >= 4 is 12.2 Å². The molecule has 2 aliphatic rings. The van der Waals surface area contributed by atoms with Gasteiger partial charge < -0.3 is 24.7 Å². The number of rotatable bonds is 7. The Morgan fingerprint density at radius 2 is 1.65 bits per heavy atom. The van der Waals surface area contributed by atoms with Gasteiger partial charge in [-0.3, -0.25) is 4.90 Å². The second-order valence-corrected chi connectivity index (χ2v) is 8.51. The van der Waals surface area contributed by atoms with E-state index in [-0.39, 0.29) is 25.6 Å². The molecular weight excluding hydrogens is 470 g/mol. The molecule has 8 heteroatoms. The number of nitrogens with two attached hydrogens (primary N) is 1. The van der Waals surface area contributed by atoms with Crippen molar-refractivity contribution in [3.8, 4) is 17.6 Å². The second-order valence-electron chi connectivity index (χ2n) is 8.51. The molecule has 2 aliphatic heterocycles. The van der Waals surface area contributed by atoms with E-state index in [1.165, 1.54) is 0 Å². The number of amides is 1. The molecule has 8 nitrogen and oxygen atoms in total. The normalized spacial score (nSPS) is 18.2. The number of hydrogen-bond acceptors (Lipinski definition) is 7. The number of hydrogen-bond donors (Lipinski definition) is 1. The van der Waals surface area contributed by atoms with Gasteiger partial charge in [0.05, 0.1) is 38.8 Å². The van der Waals surface area contributed by atoms with Crippen LogP contribution in [0.15, 0.2) is 76.9 Å². The van der Waals surface area contributed by atoms with E-state index in [0.717, 1.165) is 33.8 Å². The smallest absolute Gasteiger partial charge is 0.410 e. The van der Waals surface area contributed by atoms with Crippen LogP contribution in [0.4, 0.5) is 4.79 Å². The minimum absolute atomic E-state index is 0.0577. The summed E-state index contributed by atoms with van der Waals surface area (Å²) < 4.78 is 22.5. The van der Waals surface area contributed by atoms with E-state index in [0.29, 0.717) is 24.5 Å². The highest BCUT2D eigenvalue weighted by molar-refractivity contribution is 5.72. The van der Waals surface area contributed by atoms with Crippen LogP contribution in [0.2, 0.25) is 0 Å². The summed E-state index contributed by atoms with van der Waals surface area (Å²) >= 11 is 0.